The van der Waals surface area contributed by atoms with Gasteiger partial charge in [-0.05, 0) is 31.6 Å². The summed E-state index contributed by atoms with van der Waals surface area (Å²) < 4.78 is 10.0. The Morgan fingerprint density at radius 3 is 2.58 bits per heavy atom. The Bertz CT molecular complexity index is 826. The van der Waals surface area contributed by atoms with E-state index in [1.54, 1.807) is 6.92 Å². The minimum Gasteiger partial charge on any atom is -0.500 e. The average Bonchev–Trinajstić information content (AvgIpc) is 2.88. The summed E-state index contributed by atoms with van der Waals surface area (Å²) in [4.78, 5) is 20.6. The molecule has 0 fully saturated rings. The Labute approximate surface area is 135 Å². The maximum atomic E-state index is 11.0. The molecule has 0 bridgehead atoms. The predicted octanol–water partition coefficient (Wildman–Crippen LogP) is 3.07. The third kappa shape index (κ3) is 3.32. The minimum absolute atomic E-state index is 0.0606. The first-order valence-electron chi connectivity index (χ1n) is 6.78. The van der Waals surface area contributed by atoms with Crippen molar-refractivity contribution in [2.45, 2.75) is 13.8 Å². The van der Waals surface area contributed by atoms with Crippen LogP contribution in [0.5, 0.6) is 11.5 Å². The van der Waals surface area contributed by atoms with Crippen molar-refractivity contribution in [1.82, 2.24) is 5.16 Å². The summed E-state index contributed by atoms with van der Waals surface area (Å²) in [6.45, 7) is 3.29. The minimum atomic E-state index is -0.754. The van der Waals surface area contributed by atoms with Crippen LogP contribution in [0.4, 0.5) is 11.4 Å². The predicted molar refractivity (Wildman–Crippen MR) is 82.8 cm³/mol. The third-order valence-corrected chi connectivity index (χ3v) is 3.04. The second-order valence-corrected chi connectivity index (χ2v) is 4.65. The van der Waals surface area contributed by atoms with Gasteiger partial charge in [0.05, 0.1) is 16.5 Å². The first-order chi connectivity index (χ1) is 11.3. The maximum Gasteiger partial charge on any atom is 0.338 e. The summed E-state index contributed by atoms with van der Waals surface area (Å²) >= 11 is 0. The standard InChI is InChI=1S/C14H13N3O7/c1-3-23-12-7-9(6-10(14(12)18)16(19)20)4-5-11-13(17(21)22)8(2)15-24-11/h4-7,18H,3H2,1-2H3/b5-4+. The molecule has 10 heteroatoms. The van der Waals surface area contributed by atoms with Gasteiger partial charge in [-0.25, -0.2) is 0 Å². The van der Waals surface area contributed by atoms with E-state index in [2.05, 4.69) is 5.16 Å². The van der Waals surface area contributed by atoms with Crippen LogP contribution in [0.25, 0.3) is 12.2 Å². The Balaban J connectivity index is 2.46. The number of aryl methyl sites for hydroxylation is 1. The van der Waals surface area contributed by atoms with E-state index in [-0.39, 0.29) is 29.5 Å². The molecule has 0 aliphatic heterocycles. The highest BCUT2D eigenvalue weighted by Crippen LogP contribution is 2.37. The number of hydrogen-bond donors (Lipinski definition) is 1. The van der Waals surface area contributed by atoms with E-state index < -0.39 is 21.3 Å². The van der Waals surface area contributed by atoms with Crippen molar-refractivity contribution in [1.29, 1.82) is 0 Å². The van der Waals surface area contributed by atoms with E-state index >= 15 is 0 Å². The number of hydrogen-bond acceptors (Lipinski definition) is 8. The van der Waals surface area contributed by atoms with Gasteiger partial charge in [-0.1, -0.05) is 11.2 Å². The van der Waals surface area contributed by atoms with Crippen molar-refractivity contribution in [3.05, 3.63) is 49.4 Å². The fraction of sp³-hybridized carbons (Fsp3) is 0.214. The maximum absolute atomic E-state index is 11.0. The second kappa shape index (κ2) is 6.77. The summed E-state index contributed by atoms with van der Waals surface area (Å²) in [5, 5.41) is 35.3. The molecule has 2 aromatic rings. The molecule has 0 spiro atoms. The van der Waals surface area contributed by atoms with Gasteiger partial charge in [-0.2, -0.15) is 0 Å². The lowest BCUT2D eigenvalue weighted by molar-refractivity contribution is -0.386. The van der Waals surface area contributed by atoms with Crippen molar-refractivity contribution >= 4 is 23.5 Å². The van der Waals surface area contributed by atoms with Gasteiger partial charge in [0.2, 0.25) is 11.5 Å². The van der Waals surface area contributed by atoms with Gasteiger partial charge >= 0.3 is 11.4 Å². The topological polar surface area (TPSA) is 142 Å². The fourth-order valence-electron chi connectivity index (χ4n) is 2.00. The van der Waals surface area contributed by atoms with Gasteiger partial charge in [-0.15, -0.1) is 0 Å². The number of benzene rings is 1. The molecule has 0 saturated carbocycles. The lowest BCUT2D eigenvalue weighted by atomic mass is 10.1. The molecule has 0 aliphatic carbocycles. The smallest absolute Gasteiger partial charge is 0.338 e. The third-order valence-electron chi connectivity index (χ3n) is 3.04. The molecule has 0 aliphatic rings. The molecule has 1 aromatic carbocycles. The molecule has 2 rings (SSSR count). The number of phenolic OH excluding ortho intramolecular Hbond substituents is 1. The van der Waals surface area contributed by atoms with Crippen LogP contribution in [0.2, 0.25) is 0 Å². The van der Waals surface area contributed by atoms with Crippen molar-refractivity contribution in [2.24, 2.45) is 0 Å². The number of aromatic hydroxyl groups is 1. The van der Waals surface area contributed by atoms with Gasteiger partial charge in [0.25, 0.3) is 0 Å². The number of nitrogens with zero attached hydrogens (tertiary/aromatic N) is 3. The number of ether oxygens (including phenoxy) is 1. The fourth-order valence-corrected chi connectivity index (χ4v) is 2.00. The monoisotopic (exact) mass is 335 g/mol. The first kappa shape index (κ1) is 16.9. The number of nitro groups is 2. The molecule has 24 heavy (non-hydrogen) atoms. The van der Waals surface area contributed by atoms with Gasteiger partial charge < -0.3 is 14.4 Å². The van der Waals surface area contributed by atoms with Crippen molar-refractivity contribution in [2.75, 3.05) is 6.61 Å². The first-order valence-corrected chi connectivity index (χ1v) is 6.78. The van der Waals surface area contributed by atoms with Gasteiger partial charge in [0, 0.05) is 6.07 Å². The summed E-state index contributed by atoms with van der Waals surface area (Å²) in [6.07, 6.45) is 2.63. The van der Waals surface area contributed by atoms with Crippen molar-refractivity contribution < 1.29 is 24.2 Å². The molecule has 0 saturated heterocycles. The molecule has 1 heterocycles. The number of phenols is 1. The zero-order valence-electron chi connectivity index (χ0n) is 12.8. The van der Waals surface area contributed by atoms with Crippen LogP contribution in [0.1, 0.15) is 23.9 Å². The van der Waals surface area contributed by atoms with E-state index in [4.69, 9.17) is 9.26 Å². The zero-order chi connectivity index (χ0) is 17.9. The van der Waals surface area contributed by atoms with Crippen molar-refractivity contribution in [3.63, 3.8) is 0 Å². The SMILES string of the molecule is CCOc1cc(/C=C/c2onc(C)c2[N+](=O)[O-])cc([N+](=O)[O-])c1O. The molecule has 0 amide bonds. The van der Waals surface area contributed by atoms with Crippen molar-refractivity contribution in [3.8, 4) is 11.5 Å². The summed E-state index contributed by atoms with van der Waals surface area (Å²) in [5.74, 6) is -0.735. The highest BCUT2D eigenvalue weighted by atomic mass is 16.6. The highest BCUT2D eigenvalue weighted by Gasteiger charge is 2.23. The quantitative estimate of drug-likeness (QED) is 0.626. The summed E-state index contributed by atoms with van der Waals surface area (Å²) in [5.41, 5.74) is -0.411. The Kier molecular flexibility index (Phi) is 4.78. The van der Waals surface area contributed by atoms with Gasteiger partial charge in [-0.3, -0.25) is 20.2 Å². The average molecular weight is 335 g/mol. The molecular weight excluding hydrogens is 322 g/mol. The Morgan fingerprint density at radius 1 is 1.29 bits per heavy atom. The zero-order valence-corrected chi connectivity index (χ0v) is 12.8. The van der Waals surface area contributed by atoms with Crippen LogP contribution in [0.3, 0.4) is 0 Å². The molecule has 0 radical (unpaired) electrons. The molecule has 10 nitrogen and oxygen atoms in total. The molecule has 1 aromatic heterocycles. The van der Waals surface area contributed by atoms with Gasteiger partial charge in [0.15, 0.2) is 11.4 Å². The molecule has 0 unspecified atom stereocenters. The summed E-state index contributed by atoms with van der Waals surface area (Å²) in [7, 11) is 0. The second-order valence-electron chi connectivity index (χ2n) is 4.65. The Morgan fingerprint density at radius 2 is 2.00 bits per heavy atom. The van der Waals surface area contributed by atoms with E-state index in [1.807, 2.05) is 0 Å². The van der Waals surface area contributed by atoms with E-state index in [0.717, 1.165) is 6.07 Å². The van der Waals surface area contributed by atoms with Crippen LogP contribution in [0.15, 0.2) is 16.7 Å². The number of nitro benzene ring substituents is 1. The summed E-state index contributed by atoms with van der Waals surface area (Å²) in [6, 6.07) is 2.49. The lowest BCUT2D eigenvalue weighted by Gasteiger charge is -2.07. The molecule has 1 N–H and O–H groups in total. The van der Waals surface area contributed by atoms with Crippen LogP contribution < -0.4 is 4.74 Å². The Hall–Kier alpha value is -3.43. The normalized spacial score (nSPS) is 10.9. The lowest BCUT2D eigenvalue weighted by Crippen LogP contribution is -1.96. The number of rotatable bonds is 6. The van der Waals surface area contributed by atoms with Gasteiger partial charge in [0.1, 0.15) is 0 Å². The highest BCUT2D eigenvalue weighted by molar-refractivity contribution is 5.74. The molecule has 0 atom stereocenters. The van der Waals surface area contributed by atoms with E-state index in [1.165, 1.54) is 25.1 Å². The van der Waals surface area contributed by atoms with E-state index in [0.29, 0.717) is 5.56 Å². The molecular formula is C14H13N3O7. The van der Waals surface area contributed by atoms with Crippen LogP contribution in [-0.2, 0) is 0 Å². The molecule has 126 valence electrons. The number of aromatic nitrogens is 1. The van der Waals surface area contributed by atoms with Crippen LogP contribution in [0, 0.1) is 27.2 Å². The van der Waals surface area contributed by atoms with E-state index in [9.17, 15) is 25.3 Å². The van der Waals surface area contributed by atoms with Crippen LogP contribution >= 0.6 is 0 Å². The van der Waals surface area contributed by atoms with Crippen LogP contribution in [-0.4, -0.2) is 26.7 Å². The largest absolute Gasteiger partial charge is 0.500 e.